The highest BCUT2D eigenvalue weighted by atomic mass is 35.5. The topological polar surface area (TPSA) is 56.4 Å². The van der Waals surface area contributed by atoms with E-state index in [1.54, 1.807) is 4.90 Å². The molecule has 0 fully saturated rings. The third kappa shape index (κ3) is 6.63. The molecule has 0 saturated carbocycles. The largest absolute Gasteiger partial charge is 0.361 e. The molecule has 0 saturated heterocycles. The maximum atomic E-state index is 13.6. The van der Waals surface area contributed by atoms with Crippen LogP contribution in [0.2, 0.25) is 0 Å². The van der Waals surface area contributed by atoms with Crippen LogP contribution in [0.4, 0.5) is 0 Å². The predicted octanol–water partition coefficient (Wildman–Crippen LogP) is 5.63. The molecule has 5 nitrogen and oxygen atoms in total. The van der Waals surface area contributed by atoms with Gasteiger partial charge in [-0.15, -0.1) is 11.6 Å². The summed E-state index contributed by atoms with van der Waals surface area (Å²) in [5, 5.41) is 1.18. The molecule has 0 atom stereocenters. The summed E-state index contributed by atoms with van der Waals surface area (Å²) >= 11 is 6.08. The lowest BCUT2D eigenvalue weighted by Crippen LogP contribution is -2.48. The number of aromatic nitrogens is 1. The van der Waals surface area contributed by atoms with Crippen LogP contribution in [0.5, 0.6) is 0 Å². The summed E-state index contributed by atoms with van der Waals surface area (Å²) in [5.41, 5.74) is 2.65. The Bertz CT molecular complexity index is 1080. The van der Waals surface area contributed by atoms with E-state index in [9.17, 15) is 9.59 Å². The number of fused-ring (bicyclic) bond motifs is 1. The molecule has 2 amide bonds. The van der Waals surface area contributed by atoms with Gasteiger partial charge in [0.1, 0.15) is 0 Å². The molecule has 1 N–H and O–H groups in total. The Labute approximate surface area is 208 Å². The van der Waals surface area contributed by atoms with Gasteiger partial charge in [0.15, 0.2) is 0 Å². The number of halogens is 1. The van der Waals surface area contributed by atoms with Crippen molar-refractivity contribution in [3.8, 4) is 0 Å². The Kier molecular flexibility index (Phi) is 9.17. The van der Waals surface area contributed by atoms with Crippen LogP contribution in [0.3, 0.4) is 0 Å². The smallest absolute Gasteiger partial charge is 0.242 e. The maximum Gasteiger partial charge on any atom is 0.242 e. The second-order valence-electron chi connectivity index (χ2n) is 9.51. The summed E-state index contributed by atoms with van der Waals surface area (Å²) in [6, 6.07) is 18.2. The molecule has 3 rings (SSSR count). The summed E-state index contributed by atoms with van der Waals surface area (Å²) in [6.07, 6.45) is 4.56. The van der Waals surface area contributed by atoms with Crippen LogP contribution < -0.4 is 0 Å². The number of H-pyrrole nitrogens is 1. The fourth-order valence-corrected chi connectivity index (χ4v) is 4.15. The van der Waals surface area contributed by atoms with Crippen molar-refractivity contribution in [2.75, 3.05) is 25.5 Å². The van der Waals surface area contributed by atoms with Crippen LogP contribution in [0.1, 0.15) is 44.7 Å². The van der Waals surface area contributed by atoms with Crippen molar-refractivity contribution in [3.05, 3.63) is 71.9 Å². The van der Waals surface area contributed by atoms with E-state index in [1.165, 1.54) is 10.9 Å². The van der Waals surface area contributed by atoms with E-state index >= 15 is 0 Å². The zero-order valence-electron chi connectivity index (χ0n) is 20.5. The van der Waals surface area contributed by atoms with Gasteiger partial charge in [-0.25, -0.2) is 0 Å². The summed E-state index contributed by atoms with van der Waals surface area (Å²) < 4.78 is 0. The first-order chi connectivity index (χ1) is 16.4. The Balaban J connectivity index is 1.79. The maximum absolute atomic E-state index is 13.6. The number of nitrogens with one attached hydrogen (secondary N) is 1. The third-order valence-corrected chi connectivity index (χ3v) is 6.87. The van der Waals surface area contributed by atoms with E-state index in [2.05, 4.69) is 24.0 Å². The molecule has 1 heterocycles. The molecule has 6 heteroatoms. The fraction of sp³-hybridized carbons (Fsp3) is 0.429. The Morgan fingerprint density at radius 3 is 2.38 bits per heavy atom. The van der Waals surface area contributed by atoms with Crippen molar-refractivity contribution in [2.24, 2.45) is 5.41 Å². The molecule has 3 aromatic rings. The van der Waals surface area contributed by atoms with Crippen molar-refractivity contribution in [1.82, 2.24) is 14.8 Å². The van der Waals surface area contributed by atoms with Crippen molar-refractivity contribution in [2.45, 2.75) is 46.6 Å². The van der Waals surface area contributed by atoms with E-state index in [-0.39, 0.29) is 24.2 Å². The van der Waals surface area contributed by atoms with Crippen molar-refractivity contribution in [1.29, 1.82) is 0 Å². The van der Waals surface area contributed by atoms with Gasteiger partial charge in [0.2, 0.25) is 11.8 Å². The molecule has 0 bridgehead atoms. The van der Waals surface area contributed by atoms with Gasteiger partial charge in [-0.3, -0.25) is 9.59 Å². The average Bonchev–Trinajstić information content (AvgIpc) is 3.27. The van der Waals surface area contributed by atoms with Crippen LogP contribution in [0.25, 0.3) is 10.9 Å². The van der Waals surface area contributed by atoms with Crippen molar-refractivity contribution >= 4 is 34.3 Å². The second-order valence-corrected chi connectivity index (χ2v) is 9.78. The summed E-state index contributed by atoms with van der Waals surface area (Å²) in [5.74, 6) is 0.107. The number of unbranched alkanes of at least 4 members (excludes halogenated alkanes) is 1. The monoisotopic (exact) mass is 481 g/mol. The normalized spacial score (nSPS) is 11.5. The lowest BCUT2D eigenvalue weighted by Gasteiger charge is -2.32. The molecule has 1 aromatic heterocycles. The number of nitrogens with zero attached hydrogens (tertiary/aromatic N) is 2. The molecule has 182 valence electrons. The van der Waals surface area contributed by atoms with Gasteiger partial charge in [-0.1, -0.05) is 61.9 Å². The number of aromatic amines is 1. The molecule has 0 aliphatic rings. The van der Waals surface area contributed by atoms with Gasteiger partial charge in [0.05, 0.1) is 12.0 Å². The molecular weight excluding hydrogens is 446 g/mol. The van der Waals surface area contributed by atoms with Gasteiger partial charge in [-0.2, -0.15) is 0 Å². The number of hydrogen-bond donors (Lipinski definition) is 1. The summed E-state index contributed by atoms with van der Waals surface area (Å²) in [6.45, 7) is 7.47. The Morgan fingerprint density at radius 2 is 1.68 bits per heavy atom. The quantitative estimate of drug-likeness (QED) is 0.341. The first kappa shape index (κ1) is 25.8. The van der Waals surface area contributed by atoms with E-state index in [0.717, 1.165) is 30.3 Å². The molecule has 0 unspecified atom stereocenters. The van der Waals surface area contributed by atoms with Gasteiger partial charge in [0.25, 0.3) is 0 Å². The highest BCUT2D eigenvalue weighted by Crippen LogP contribution is 2.22. The third-order valence-electron chi connectivity index (χ3n) is 6.20. The van der Waals surface area contributed by atoms with Crippen LogP contribution in [0, 0.1) is 5.41 Å². The molecular formula is C28H36ClN3O2. The fourth-order valence-electron chi connectivity index (χ4n) is 4.04. The number of benzene rings is 2. The lowest BCUT2D eigenvalue weighted by atomic mass is 9.94. The number of para-hydroxylation sites is 1. The molecule has 0 aliphatic carbocycles. The van der Waals surface area contributed by atoms with Crippen molar-refractivity contribution in [3.63, 3.8) is 0 Å². The summed E-state index contributed by atoms with van der Waals surface area (Å²) in [7, 11) is 0. The number of alkyl halides is 1. The zero-order valence-corrected chi connectivity index (χ0v) is 21.3. The number of amides is 2. The Morgan fingerprint density at radius 1 is 0.971 bits per heavy atom. The molecule has 0 spiro atoms. The highest BCUT2D eigenvalue weighted by Gasteiger charge is 2.32. The Hall–Kier alpha value is -2.79. The average molecular weight is 482 g/mol. The highest BCUT2D eigenvalue weighted by molar-refractivity contribution is 6.19. The van der Waals surface area contributed by atoms with Gasteiger partial charge >= 0.3 is 0 Å². The zero-order chi connectivity index (χ0) is 24.6. The number of rotatable bonds is 12. The van der Waals surface area contributed by atoms with Crippen LogP contribution in [-0.4, -0.2) is 52.1 Å². The van der Waals surface area contributed by atoms with Gasteiger partial charge < -0.3 is 14.8 Å². The van der Waals surface area contributed by atoms with E-state index in [4.69, 9.17) is 11.6 Å². The van der Waals surface area contributed by atoms with E-state index in [1.807, 2.05) is 67.4 Å². The number of hydrogen-bond acceptors (Lipinski definition) is 2. The van der Waals surface area contributed by atoms with Crippen LogP contribution >= 0.6 is 11.6 Å². The number of carbonyl (C=O) groups excluding carboxylic acids is 2. The first-order valence-corrected chi connectivity index (χ1v) is 12.6. The number of carbonyl (C=O) groups is 2. The SMILES string of the molecule is CCCCN(CC(=O)N(CCc1c[nH]c2ccccc12)Cc1ccccc1)C(=O)C(C)(C)CCl. The van der Waals surface area contributed by atoms with E-state index < -0.39 is 5.41 Å². The minimum atomic E-state index is -0.704. The van der Waals surface area contributed by atoms with Gasteiger partial charge in [-0.05, 0) is 43.9 Å². The summed E-state index contributed by atoms with van der Waals surface area (Å²) in [4.78, 5) is 33.6. The van der Waals surface area contributed by atoms with Crippen molar-refractivity contribution < 1.29 is 9.59 Å². The van der Waals surface area contributed by atoms with Gasteiger partial charge in [0, 0.05) is 42.6 Å². The molecule has 2 aromatic carbocycles. The second kappa shape index (κ2) is 12.1. The van der Waals surface area contributed by atoms with Crippen LogP contribution in [-0.2, 0) is 22.6 Å². The predicted molar refractivity (Wildman–Crippen MR) is 140 cm³/mol. The molecule has 0 radical (unpaired) electrons. The molecule has 0 aliphatic heterocycles. The first-order valence-electron chi connectivity index (χ1n) is 12.1. The standard InChI is InChI=1S/C28H36ClN3O2/c1-4-5-16-32(27(34)28(2,3)21-29)20-26(33)31(19-22-11-7-6-8-12-22)17-15-23-18-30-25-14-10-9-13-24(23)25/h6-14,18,30H,4-5,15-17,19-21H2,1-3H3. The minimum absolute atomic E-state index is 0.0430. The lowest BCUT2D eigenvalue weighted by molar-refractivity contribution is -0.145. The molecule has 34 heavy (non-hydrogen) atoms. The van der Waals surface area contributed by atoms with Crippen LogP contribution in [0.15, 0.2) is 60.8 Å². The minimum Gasteiger partial charge on any atom is -0.361 e. The van der Waals surface area contributed by atoms with E-state index in [0.29, 0.717) is 19.6 Å².